The number of halogens is 1. The number of carbonyl (C=O) groups excluding carboxylic acids is 2. The molecule has 0 unspecified atom stereocenters. The second-order valence-electron chi connectivity index (χ2n) is 8.96. The smallest absolute Gasteiger partial charge is 0.244 e. The van der Waals surface area contributed by atoms with Crippen LogP contribution in [0, 0.1) is 19.7 Å². The fourth-order valence-electron chi connectivity index (χ4n) is 4.11. The first-order valence-corrected chi connectivity index (χ1v) is 13.7. The van der Waals surface area contributed by atoms with E-state index in [1.165, 1.54) is 36.2 Å². The first kappa shape index (κ1) is 27.9. The van der Waals surface area contributed by atoms with Gasteiger partial charge in [-0.3, -0.25) is 13.9 Å². The van der Waals surface area contributed by atoms with Gasteiger partial charge in [0.1, 0.15) is 18.4 Å². The minimum Gasteiger partial charge on any atom is -0.357 e. The molecule has 0 heterocycles. The van der Waals surface area contributed by atoms with Gasteiger partial charge in [0.15, 0.2) is 0 Å². The number of sulfonamides is 1. The molecule has 3 aromatic rings. The van der Waals surface area contributed by atoms with E-state index in [0.717, 1.165) is 27.3 Å². The number of amides is 2. The molecule has 1 N–H and O–H groups in total. The number of nitrogens with one attached hydrogen (secondary N) is 1. The topological polar surface area (TPSA) is 86.8 Å². The van der Waals surface area contributed by atoms with E-state index >= 15 is 0 Å². The van der Waals surface area contributed by atoms with E-state index in [1.807, 2.05) is 43.3 Å². The van der Waals surface area contributed by atoms with Crippen molar-refractivity contribution in [2.75, 3.05) is 24.2 Å². The summed E-state index contributed by atoms with van der Waals surface area (Å²) in [5.41, 5.74) is 3.46. The molecule has 0 bridgehead atoms. The highest BCUT2D eigenvalue weighted by atomic mass is 32.2. The normalized spacial score (nSPS) is 12.0. The Hall–Kier alpha value is -3.72. The number of benzene rings is 3. The second kappa shape index (κ2) is 12.0. The molecule has 0 radical (unpaired) electrons. The summed E-state index contributed by atoms with van der Waals surface area (Å²) in [5.74, 6) is -1.37. The van der Waals surface area contributed by atoms with Crippen molar-refractivity contribution in [2.24, 2.45) is 0 Å². The lowest BCUT2D eigenvalue weighted by Gasteiger charge is -2.33. The minimum absolute atomic E-state index is 0.00552. The molecule has 0 aliphatic rings. The fourth-order valence-corrected chi connectivity index (χ4v) is 5.01. The predicted molar refractivity (Wildman–Crippen MR) is 143 cm³/mol. The van der Waals surface area contributed by atoms with E-state index in [1.54, 1.807) is 19.1 Å². The average Bonchev–Trinajstić information content (AvgIpc) is 2.87. The second-order valence-corrected chi connectivity index (χ2v) is 10.9. The molecule has 0 aromatic heterocycles. The molecule has 3 rings (SSSR count). The molecule has 0 saturated carbocycles. The number of rotatable bonds is 10. The molecule has 7 nitrogen and oxygen atoms in total. The number of hydrogen-bond donors (Lipinski definition) is 1. The zero-order chi connectivity index (χ0) is 27.2. The summed E-state index contributed by atoms with van der Waals surface area (Å²) in [4.78, 5) is 28.3. The number of anilines is 1. The summed E-state index contributed by atoms with van der Waals surface area (Å²) in [5, 5.41) is 2.62. The van der Waals surface area contributed by atoms with Gasteiger partial charge in [0.05, 0.1) is 11.9 Å². The lowest BCUT2D eigenvalue weighted by molar-refractivity contribution is -0.139. The van der Waals surface area contributed by atoms with Crippen LogP contribution in [0.15, 0.2) is 72.8 Å². The third-order valence-electron chi connectivity index (χ3n) is 6.31. The van der Waals surface area contributed by atoms with E-state index in [2.05, 4.69) is 5.32 Å². The van der Waals surface area contributed by atoms with E-state index in [9.17, 15) is 22.4 Å². The zero-order valence-corrected chi connectivity index (χ0v) is 22.3. The van der Waals surface area contributed by atoms with Crippen LogP contribution in [0.4, 0.5) is 10.1 Å². The van der Waals surface area contributed by atoms with Gasteiger partial charge in [0, 0.05) is 20.0 Å². The van der Waals surface area contributed by atoms with Gasteiger partial charge in [-0.05, 0) is 54.3 Å². The molecule has 0 spiro atoms. The highest BCUT2D eigenvalue weighted by Gasteiger charge is 2.33. The van der Waals surface area contributed by atoms with Crippen molar-refractivity contribution in [3.05, 3.63) is 101 Å². The Morgan fingerprint density at radius 1 is 0.919 bits per heavy atom. The Morgan fingerprint density at radius 3 is 2.16 bits per heavy atom. The van der Waals surface area contributed by atoms with Gasteiger partial charge in [-0.25, -0.2) is 12.8 Å². The number of carbonyl (C=O) groups is 2. The Balaban J connectivity index is 2.05. The van der Waals surface area contributed by atoms with Crippen molar-refractivity contribution in [1.29, 1.82) is 0 Å². The molecule has 3 aromatic carbocycles. The van der Waals surface area contributed by atoms with Gasteiger partial charge < -0.3 is 10.2 Å². The largest absolute Gasteiger partial charge is 0.357 e. The first-order chi connectivity index (χ1) is 17.5. The quantitative estimate of drug-likeness (QED) is 0.438. The van der Waals surface area contributed by atoms with Crippen molar-refractivity contribution in [3.8, 4) is 0 Å². The number of likely N-dealkylation sites (N-methyl/N-ethyl adjacent to an activating group) is 1. The molecular weight excluding hydrogens is 493 g/mol. The van der Waals surface area contributed by atoms with E-state index in [-0.39, 0.29) is 13.0 Å². The number of nitrogens with zero attached hydrogens (tertiary/aromatic N) is 2. The van der Waals surface area contributed by atoms with Crippen LogP contribution < -0.4 is 9.62 Å². The highest BCUT2D eigenvalue weighted by molar-refractivity contribution is 7.92. The number of aryl methyl sites for hydroxylation is 1. The number of hydrogen-bond acceptors (Lipinski definition) is 4. The van der Waals surface area contributed by atoms with Crippen LogP contribution >= 0.6 is 0 Å². The van der Waals surface area contributed by atoms with Gasteiger partial charge in [-0.1, -0.05) is 54.6 Å². The van der Waals surface area contributed by atoms with Crippen LogP contribution in [0.1, 0.15) is 22.3 Å². The summed E-state index contributed by atoms with van der Waals surface area (Å²) < 4.78 is 40.3. The average molecular weight is 526 g/mol. The third kappa shape index (κ3) is 7.16. The van der Waals surface area contributed by atoms with E-state index in [4.69, 9.17) is 0 Å². The Morgan fingerprint density at radius 2 is 1.57 bits per heavy atom. The SMILES string of the molecule is CNC(=O)[C@H](Cc1ccccc1)N(Cc1ccc(F)cc1)C(=O)CN(c1cccc(C)c1C)S(C)(=O)=O. The lowest BCUT2D eigenvalue weighted by Crippen LogP contribution is -2.53. The molecule has 0 fully saturated rings. The molecule has 1 atom stereocenters. The summed E-state index contributed by atoms with van der Waals surface area (Å²) in [6.07, 6.45) is 1.27. The van der Waals surface area contributed by atoms with Crippen molar-refractivity contribution < 1.29 is 22.4 Å². The van der Waals surface area contributed by atoms with Crippen LogP contribution in [-0.2, 0) is 32.6 Å². The molecular formula is C28H32FN3O4S. The van der Waals surface area contributed by atoms with Crippen LogP contribution in [-0.4, -0.2) is 51.0 Å². The fraction of sp³-hybridized carbons (Fsp3) is 0.286. The summed E-state index contributed by atoms with van der Waals surface area (Å²) in [6, 6.07) is 19.2. The van der Waals surface area contributed by atoms with Gasteiger partial charge in [0.25, 0.3) is 0 Å². The molecule has 9 heteroatoms. The first-order valence-electron chi connectivity index (χ1n) is 11.8. The minimum atomic E-state index is -3.84. The standard InChI is InChI=1S/C28H32FN3O4S/c1-20-9-8-12-25(21(20)2)32(37(4,35)36)19-27(33)31(18-23-13-15-24(29)16-14-23)26(28(34)30-3)17-22-10-6-5-7-11-22/h5-16,26H,17-19H2,1-4H3,(H,30,34)/t26-/m0/s1. The molecule has 2 amide bonds. The molecule has 0 saturated heterocycles. The van der Waals surface area contributed by atoms with Crippen molar-refractivity contribution in [1.82, 2.24) is 10.2 Å². The molecule has 37 heavy (non-hydrogen) atoms. The summed E-state index contributed by atoms with van der Waals surface area (Å²) in [7, 11) is -2.35. The Labute approximate surface area is 218 Å². The van der Waals surface area contributed by atoms with Gasteiger partial charge in [-0.2, -0.15) is 0 Å². The molecule has 0 aliphatic heterocycles. The van der Waals surface area contributed by atoms with Crippen LogP contribution in [0.3, 0.4) is 0 Å². The van der Waals surface area contributed by atoms with Crippen LogP contribution in [0.2, 0.25) is 0 Å². The maximum absolute atomic E-state index is 13.9. The van der Waals surface area contributed by atoms with E-state index < -0.39 is 40.2 Å². The zero-order valence-electron chi connectivity index (χ0n) is 21.4. The maximum Gasteiger partial charge on any atom is 0.244 e. The predicted octanol–water partition coefficient (Wildman–Crippen LogP) is 3.59. The highest BCUT2D eigenvalue weighted by Crippen LogP contribution is 2.26. The van der Waals surface area contributed by atoms with Crippen molar-refractivity contribution in [3.63, 3.8) is 0 Å². The van der Waals surface area contributed by atoms with Gasteiger partial charge in [-0.15, -0.1) is 0 Å². The van der Waals surface area contributed by atoms with E-state index in [0.29, 0.717) is 11.3 Å². The maximum atomic E-state index is 13.9. The lowest BCUT2D eigenvalue weighted by atomic mass is 10.0. The third-order valence-corrected chi connectivity index (χ3v) is 7.43. The monoisotopic (exact) mass is 525 g/mol. The van der Waals surface area contributed by atoms with Crippen LogP contribution in [0.5, 0.6) is 0 Å². The van der Waals surface area contributed by atoms with Gasteiger partial charge in [0.2, 0.25) is 21.8 Å². The van der Waals surface area contributed by atoms with Crippen molar-refractivity contribution in [2.45, 2.75) is 32.9 Å². The summed E-state index contributed by atoms with van der Waals surface area (Å²) in [6.45, 7) is 3.16. The molecule has 196 valence electrons. The van der Waals surface area contributed by atoms with Crippen molar-refractivity contribution >= 4 is 27.5 Å². The van der Waals surface area contributed by atoms with Gasteiger partial charge >= 0.3 is 0 Å². The summed E-state index contributed by atoms with van der Waals surface area (Å²) >= 11 is 0. The molecule has 0 aliphatic carbocycles. The Kier molecular flexibility index (Phi) is 9.04. The Bertz CT molecular complexity index is 1350. The van der Waals surface area contributed by atoms with Crippen LogP contribution in [0.25, 0.3) is 0 Å².